The number of hydrogen-bond donors (Lipinski definition) is 0. The highest BCUT2D eigenvalue weighted by molar-refractivity contribution is 6.07. The van der Waals surface area contributed by atoms with Gasteiger partial charge in [-0.3, -0.25) is 14.9 Å². The Hall–Kier alpha value is -2.95. The number of carbonyl (C=O) groups is 1. The Kier molecular flexibility index (Phi) is 5.47. The van der Waals surface area contributed by atoms with E-state index in [1.165, 1.54) is 24.3 Å². The van der Waals surface area contributed by atoms with Crippen LogP contribution in [0.1, 0.15) is 41.3 Å². The summed E-state index contributed by atoms with van der Waals surface area (Å²) in [6, 6.07) is 11.4. The Bertz CT molecular complexity index is 794. The van der Waals surface area contributed by atoms with Crippen molar-refractivity contribution in [2.75, 3.05) is 7.11 Å². The highest BCUT2D eigenvalue weighted by atomic mass is 16.6. The van der Waals surface area contributed by atoms with Gasteiger partial charge in [-0.1, -0.05) is 38.1 Å². The fraction of sp³-hybridized carbons (Fsp3) is 0.211. The fourth-order valence-corrected chi connectivity index (χ4v) is 2.35. The van der Waals surface area contributed by atoms with Gasteiger partial charge in [-0.15, -0.1) is 0 Å². The molecule has 0 unspecified atom stereocenters. The van der Waals surface area contributed by atoms with Gasteiger partial charge in [0.15, 0.2) is 5.78 Å². The number of non-ortho nitro benzene ring substituents is 1. The minimum absolute atomic E-state index is 0.0965. The number of carbonyl (C=O) groups excluding carboxylic acids is 1. The number of benzene rings is 2. The Morgan fingerprint density at radius 2 is 1.96 bits per heavy atom. The second-order valence-electron chi connectivity index (χ2n) is 5.66. The fourth-order valence-electron chi connectivity index (χ4n) is 2.35. The maximum Gasteiger partial charge on any atom is 0.270 e. The molecular formula is C19H19NO4. The third kappa shape index (κ3) is 4.07. The van der Waals surface area contributed by atoms with Gasteiger partial charge in [0.25, 0.3) is 5.69 Å². The summed E-state index contributed by atoms with van der Waals surface area (Å²) in [5.41, 5.74) is 2.12. The molecular weight excluding hydrogens is 306 g/mol. The molecule has 0 fully saturated rings. The second-order valence-corrected chi connectivity index (χ2v) is 5.66. The van der Waals surface area contributed by atoms with Gasteiger partial charge in [0.1, 0.15) is 5.75 Å². The molecule has 0 aliphatic rings. The van der Waals surface area contributed by atoms with Crippen LogP contribution >= 0.6 is 0 Å². The van der Waals surface area contributed by atoms with E-state index in [0.717, 1.165) is 16.9 Å². The van der Waals surface area contributed by atoms with Crippen molar-refractivity contribution < 1.29 is 14.5 Å². The van der Waals surface area contributed by atoms with Crippen LogP contribution in [0.5, 0.6) is 5.75 Å². The van der Waals surface area contributed by atoms with Crippen molar-refractivity contribution in [3.05, 3.63) is 75.3 Å². The minimum Gasteiger partial charge on any atom is -0.496 e. The van der Waals surface area contributed by atoms with Crippen LogP contribution in [-0.2, 0) is 0 Å². The topological polar surface area (TPSA) is 69.4 Å². The van der Waals surface area contributed by atoms with E-state index in [9.17, 15) is 14.9 Å². The highest BCUT2D eigenvalue weighted by Gasteiger charge is 2.10. The first kappa shape index (κ1) is 17.4. The largest absolute Gasteiger partial charge is 0.496 e. The minimum atomic E-state index is -0.515. The lowest BCUT2D eigenvalue weighted by Crippen LogP contribution is -1.97. The van der Waals surface area contributed by atoms with E-state index in [1.54, 1.807) is 19.3 Å². The smallest absolute Gasteiger partial charge is 0.270 e. The number of nitro benzene ring substituents is 1. The van der Waals surface area contributed by atoms with Gasteiger partial charge < -0.3 is 4.74 Å². The summed E-state index contributed by atoms with van der Waals surface area (Å²) in [6.45, 7) is 4.14. The molecule has 0 bridgehead atoms. The molecule has 0 saturated heterocycles. The number of ketones is 1. The number of methoxy groups -OCH3 is 1. The van der Waals surface area contributed by atoms with E-state index in [4.69, 9.17) is 4.74 Å². The van der Waals surface area contributed by atoms with Gasteiger partial charge in [-0.2, -0.15) is 0 Å². The molecule has 0 aromatic heterocycles. The summed E-state index contributed by atoms with van der Waals surface area (Å²) >= 11 is 0. The lowest BCUT2D eigenvalue weighted by molar-refractivity contribution is -0.384. The summed E-state index contributed by atoms with van der Waals surface area (Å²) in [7, 11) is 1.63. The predicted octanol–water partition coefficient (Wildman–Crippen LogP) is 4.62. The first-order valence-corrected chi connectivity index (χ1v) is 7.57. The number of rotatable bonds is 6. The van der Waals surface area contributed by atoms with Crippen LogP contribution < -0.4 is 4.74 Å². The van der Waals surface area contributed by atoms with Crippen molar-refractivity contribution in [2.24, 2.45) is 0 Å². The van der Waals surface area contributed by atoms with E-state index in [1.807, 2.05) is 18.2 Å². The Morgan fingerprint density at radius 1 is 1.21 bits per heavy atom. The van der Waals surface area contributed by atoms with Gasteiger partial charge in [-0.05, 0) is 35.3 Å². The monoisotopic (exact) mass is 325 g/mol. The van der Waals surface area contributed by atoms with E-state index in [-0.39, 0.29) is 17.0 Å². The maximum atomic E-state index is 12.2. The van der Waals surface area contributed by atoms with Crippen LogP contribution in [0.4, 0.5) is 5.69 Å². The molecule has 0 N–H and O–H groups in total. The summed E-state index contributed by atoms with van der Waals surface area (Å²) < 4.78 is 5.34. The van der Waals surface area contributed by atoms with Crippen LogP contribution in [0.3, 0.4) is 0 Å². The van der Waals surface area contributed by atoms with Gasteiger partial charge in [-0.25, -0.2) is 0 Å². The van der Waals surface area contributed by atoms with Gasteiger partial charge in [0.2, 0.25) is 0 Å². The molecule has 0 aliphatic heterocycles. The van der Waals surface area contributed by atoms with Crippen LogP contribution in [0.15, 0.2) is 48.5 Å². The maximum absolute atomic E-state index is 12.2. The Balaban J connectivity index is 2.24. The first-order chi connectivity index (χ1) is 11.4. The van der Waals surface area contributed by atoms with Gasteiger partial charge >= 0.3 is 0 Å². The van der Waals surface area contributed by atoms with Gasteiger partial charge in [0.05, 0.1) is 12.0 Å². The second kappa shape index (κ2) is 7.55. The molecule has 0 atom stereocenters. The predicted molar refractivity (Wildman–Crippen MR) is 93.5 cm³/mol. The van der Waals surface area contributed by atoms with Crippen molar-refractivity contribution >= 4 is 17.5 Å². The quantitative estimate of drug-likeness (QED) is 0.336. The van der Waals surface area contributed by atoms with Crippen LogP contribution in [-0.4, -0.2) is 17.8 Å². The average molecular weight is 325 g/mol. The molecule has 0 radical (unpaired) electrons. The third-order valence-electron chi connectivity index (χ3n) is 3.64. The van der Waals surface area contributed by atoms with E-state index in [2.05, 4.69) is 13.8 Å². The zero-order chi connectivity index (χ0) is 17.7. The van der Waals surface area contributed by atoms with Gasteiger partial charge in [0, 0.05) is 17.7 Å². The Labute approximate surface area is 140 Å². The van der Waals surface area contributed by atoms with Crippen molar-refractivity contribution in [3.63, 3.8) is 0 Å². The van der Waals surface area contributed by atoms with Crippen LogP contribution in [0.2, 0.25) is 0 Å². The summed E-state index contributed by atoms with van der Waals surface area (Å²) in [5, 5.41) is 10.8. The molecule has 5 nitrogen and oxygen atoms in total. The first-order valence-electron chi connectivity index (χ1n) is 7.57. The summed E-state index contributed by atoms with van der Waals surface area (Å²) in [6.07, 6.45) is 3.12. The highest BCUT2D eigenvalue weighted by Crippen LogP contribution is 2.27. The molecule has 2 aromatic carbocycles. The van der Waals surface area contributed by atoms with E-state index in [0.29, 0.717) is 5.92 Å². The number of allylic oxidation sites excluding steroid dienone is 1. The summed E-state index contributed by atoms with van der Waals surface area (Å²) in [4.78, 5) is 22.5. The summed E-state index contributed by atoms with van der Waals surface area (Å²) in [5.74, 6) is 0.827. The lowest BCUT2D eigenvalue weighted by atomic mass is 9.99. The lowest BCUT2D eigenvalue weighted by Gasteiger charge is -2.12. The molecule has 2 aromatic rings. The third-order valence-corrected chi connectivity index (χ3v) is 3.64. The molecule has 0 spiro atoms. The van der Waals surface area contributed by atoms with Crippen molar-refractivity contribution in [3.8, 4) is 5.75 Å². The van der Waals surface area contributed by atoms with Crippen molar-refractivity contribution in [1.29, 1.82) is 0 Å². The number of nitrogens with zero attached hydrogens (tertiary/aromatic N) is 1. The van der Waals surface area contributed by atoms with Crippen molar-refractivity contribution in [2.45, 2.75) is 19.8 Å². The molecule has 0 heterocycles. The number of hydrogen-bond acceptors (Lipinski definition) is 4. The molecule has 0 saturated carbocycles. The van der Waals surface area contributed by atoms with Crippen LogP contribution in [0.25, 0.3) is 6.08 Å². The van der Waals surface area contributed by atoms with E-state index < -0.39 is 4.92 Å². The molecule has 24 heavy (non-hydrogen) atoms. The number of ether oxygens (including phenoxy) is 1. The molecule has 124 valence electrons. The standard InChI is InChI=1S/C19H19NO4/c1-13(2)17-11-14(8-10-19(17)24-3)7-9-18(21)15-5-4-6-16(12-15)20(22)23/h4-13H,1-3H3/b9-7+. The molecule has 0 aliphatic carbocycles. The SMILES string of the molecule is COc1ccc(/C=C/C(=O)c2cccc([N+](=O)[O-])c2)cc1C(C)C. The van der Waals surface area contributed by atoms with Crippen molar-refractivity contribution in [1.82, 2.24) is 0 Å². The number of nitro groups is 1. The zero-order valence-electron chi connectivity index (χ0n) is 13.9. The van der Waals surface area contributed by atoms with Crippen LogP contribution in [0, 0.1) is 10.1 Å². The Morgan fingerprint density at radius 3 is 2.58 bits per heavy atom. The average Bonchev–Trinajstić information content (AvgIpc) is 2.59. The normalized spacial score (nSPS) is 11.0. The molecule has 0 amide bonds. The molecule has 2 rings (SSSR count). The molecule has 5 heteroatoms. The zero-order valence-corrected chi connectivity index (χ0v) is 13.9. The van der Waals surface area contributed by atoms with E-state index >= 15 is 0 Å².